The number of hydrogen-bond acceptors (Lipinski definition) is 5. The van der Waals surface area contributed by atoms with Gasteiger partial charge in [-0.1, -0.05) is 33.6 Å². The molecule has 0 aliphatic carbocycles. The van der Waals surface area contributed by atoms with Crippen molar-refractivity contribution in [3.05, 3.63) is 52.0 Å². The average molecular weight is 485 g/mol. The standard InChI is InChI=1S/C20H25BrN2O5S/c1-14-5-7-16(8-6-14)29(25,26)23(2)13-20(24)22-10-9-15-11-18(27-3)19(28-4)12-17(15)21/h5-8,11-12H,9-10,13H2,1-4H3,(H,22,24). The molecule has 0 heterocycles. The van der Waals surface area contributed by atoms with Gasteiger partial charge < -0.3 is 14.8 Å². The molecule has 0 saturated heterocycles. The number of benzene rings is 2. The Labute approximate surface area is 180 Å². The van der Waals surface area contributed by atoms with E-state index in [1.165, 1.54) is 19.2 Å². The van der Waals surface area contributed by atoms with Crippen molar-refractivity contribution in [3.8, 4) is 11.5 Å². The second-order valence-corrected chi connectivity index (χ2v) is 9.37. The largest absolute Gasteiger partial charge is 0.493 e. The average Bonchev–Trinajstić information content (AvgIpc) is 2.69. The van der Waals surface area contributed by atoms with Gasteiger partial charge in [-0.2, -0.15) is 4.31 Å². The van der Waals surface area contributed by atoms with Gasteiger partial charge in [-0.05, 0) is 43.2 Å². The van der Waals surface area contributed by atoms with E-state index in [4.69, 9.17) is 9.47 Å². The summed E-state index contributed by atoms with van der Waals surface area (Å²) in [5, 5.41) is 2.75. The van der Waals surface area contributed by atoms with Crippen LogP contribution in [-0.4, -0.2) is 53.0 Å². The van der Waals surface area contributed by atoms with Gasteiger partial charge in [-0.25, -0.2) is 8.42 Å². The molecule has 2 aromatic carbocycles. The predicted molar refractivity (Wildman–Crippen MR) is 115 cm³/mol. The maximum atomic E-state index is 12.6. The first-order chi connectivity index (χ1) is 13.7. The van der Waals surface area contributed by atoms with Crippen LogP contribution >= 0.6 is 15.9 Å². The summed E-state index contributed by atoms with van der Waals surface area (Å²) in [6.45, 7) is 1.97. The number of nitrogens with zero attached hydrogens (tertiary/aromatic N) is 1. The van der Waals surface area contributed by atoms with E-state index in [0.717, 1.165) is 19.9 Å². The Hall–Kier alpha value is -2.10. The van der Waals surface area contributed by atoms with Crippen molar-refractivity contribution in [2.24, 2.45) is 0 Å². The quantitative estimate of drug-likeness (QED) is 0.591. The summed E-state index contributed by atoms with van der Waals surface area (Å²) >= 11 is 3.48. The molecule has 0 atom stereocenters. The number of carbonyl (C=O) groups is 1. The zero-order valence-corrected chi connectivity index (χ0v) is 19.3. The Morgan fingerprint density at radius 2 is 1.69 bits per heavy atom. The number of nitrogens with one attached hydrogen (secondary N) is 1. The molecule has 0 fully saturated rings. The first-order valence-corrected chi connectivity index (χ1v) is 11.1. The molecular weight excluding hydrogens is 460 g/mol. The summed E-state index contributed by atoms with van der Waals surface area (Å²) in [6.07, 6.45) is 0.543. The molecule has 0 aliphatic rings. The van der Waals surface area contributed by atoms with Gasteiger partial charge in [0.1, 0.15) is 0 Å². The second kappa shape index (κ2) is 10.1. The SMILES string of the molecule is COc1cc(Br)c(CCNC(=O)CN(C)S(=O)(=O)c2ccc(C)cc2)cc1OC. The lowest BCUT2D eigenvalue weighted by molar-refractivity contribution is -0.121. The molecule has 29 heavy (non-hydrogen) atoms. The minimum atomic E-state index is -3.72. The number of halogens is 1. The van der Waals surface area contributed by atoms with E-state index in [-0.39, 0.29) is 17.3 Å². The molecule has 0 saturated carbocycles. The highest BCUT2D eigenvalue weighted by Gasteiger charge is 2.22. The monoisotopic (exact) mass is 484 g/mol. The normalized spacial score (nSPS) is 11.4. The van der Waals surface area contributed by atoms with E-state index < -0.39 is 10.0 Å². The van der Waals surface area contributed by atoms with Crippen LogP contribution in [0.5, 0.6) is 11.5 Å². The van der Waals surface area contributed by atoms with Gasteiger partial charge in [0.15, 0.2) is 11.5 Å². The lowest BCUT2D eigenvalue weighted by Gasteiger charge is -2.17. The van der Waals surface area contributed by atoms with E-state index in [1.807, 2.05) is 13.0 Å². The van der Waals surface area contributed by atoms with Crippen LogP contribution in [0.15, 0.2) is 45.8 Å². The van der Waals surface area contributed by atoms with E-state index in [9.17, 15) is 13.2 Å². The molecule has 9 heteroatoms. The van der Waals surface area contributed by atoms with Crippen LogP contribution in [0.4, 0.5) is 0 Å². The number of rotatable bonds is 9. The third kappa shape index (κ3) is 5.94. The van der Waals surface area contributed by atoms with Gasteiger partial charge >= 0.3 is 0 Å². The first-order valence-electron chi connectivity index (χ1n) is 8.89. The van der Waals surface area contributed by atoms with Crippen LogP contribution in [0.1, 0.15) is 11.1 Å². The highest BCUT2D eigenvalue weighted by Crippen LogP contribution is 2.33. The Balaban J connectivity index is 1.94. The number of methoxy groups -OCH3 is 2. The van der Waals surface area contributed by atoms with Crippen molar-refractivity contribution in [2.75, 3.05) is 34.4 Å². The molecule has 0 spiro atoms. The fraction of sp³-hybridized carbons (Fsp3) is 0.350. The molecule has 0 radical (unpaired) electrons. The molecule has 158 valence electrons. The molecule has 1 N–H and O–H groups in total. The van der Waals surface area contributed by atoms with Crippen molar-refractivity contribution >= 4 is 31.9 Å². The molecule has 0 aromatic heterocycles. The maximum Gasteiger partial charge on any atom is 0.243 e. The van der Waals surface area contributed by atoms with Crippen molar-refractivity contribution in [2.45, 2.75) is 18.2 Å². The van der Waals surface area contributed by atoms with Gasteiger partial charge in [0.2, 0.25) is 15.9 Å². The molecule has 2 rings (SSSR count). The lowest BCUT2D eigenvalue weighted by atomic mass is 10.1. The number of aryl methyl sites for hydroxylation is 1. The van der Waals surface area contributed by atoms with Crippen LogP contribution in [0, 0.1) is 6.92 Å². The van der Waals surface area contributed by atoms with E-state index in [0.29, 0.717) is 24.5 Å². The zero-order chi connectivity index (χ0) is 21.6. The minimum absolute atomic E-state index is 0.160. The number of likely N-dealkylation sites (N-methyl/N-ethyl adjacent to an activating group) is 1. The Bertz CT molecular complexity index is 962. The Morgan fingerprint density at radius 3 is 2.28 bits per heavy atom. The molecular formula is C20H25BrN2O5S. The summed E-state index contributed by atoms with van der Waals surface area (Å²) in [5.74, 6) is 0.829. The summed E-state index contributed by atoms with van der Waals surface area (Å²) in [7, 11) is 0.790. The first kappa shape index (κ1) is 23.2. The van der Waals surface area contributed by atoms with Crippen molar-refractivity contribution in [1.82, 2.24) is 9.62 Å². The molecule has 2 aromatic rings. The van der Waals surface area contributed by atoms with E-state index in [1.54, 1.807) is 32.4 Å². The van der Waals surface area contributed by atoms with Crippen LogP contribution in [0.2, 0.25) is 0 Å². The smallest absolute Gasteiger partial charge is 0.243 e. The van der Waals surface area contributed by atoms with Crippen LogP contribution in [0.25, 0.3) is 0 Å². The van der Waals surface area contributed by atoms with Gasteiger partial charge in [-0.15, -0.1) is 0 Å². The number of sulfonamides is 1. The van der Waals surface area contributed by atoms with Gasteiger partial charge in [0.05, 0.1) is 25.7 Å². The summed E-state index contributed by atoms with van der Waals surface area (Å²) in [5.41, 5.74) is 1.90. The number of amides is 1. The van der Waals surface area contributed by atoms with Gasteiger partial charge in [0.25, 0.3) is 0 Å². The molecule has 1 amide bonds. The molecule has 0 unspecified atom stereocenters. The summed E-state index contributed by atoms with van der Waals surface area (Å²) in [4.78, 5) is 12.4. The van der Waals surface area contributed by atoms with Crippen LogP contribution < -0.4 is 14.8 Å². The van der Waals surface area contributed by atoms with Crippen molar-refractivity contribution in [1.29, 1.82) is 0 Å². The van der Waals surface area contributed by atoms with Gasteiger partial charge in [-0.3, -0.25) is 4.79 Å². The maximum absolute atomic E-state index is 12.6. The summed E-state index contributed by atoms with van der Waals surface area (Å²) < 4.78 is 37.5. The minimum Gasteiger partial charge on any atom is -0.493 e. The second-order valence-electron chi connectivity index (χ2n) is 6.47. The fourth-order valence-electron chi connectivity index (χ4n) is 2.66. The highest BCUT2D eigenvalue weighted by atomic mass is 79.9. The third-order valence-corrected chi connectivity index (χ3v) is 6.92. The van der Waals surface area contributed by atoms with Crippen molar-refractivity contribution in [3.63, 3.8) is 0 Å². The van der Waals surface area contributed by atoms with Crippen LogP contribution in [0.3, 0.4) is 0 Å². The summed E-state index contributed by atoms with van der Waals surface area (Å²) in [6, 6.07) is 10.2. The lowest BCUT2D eigenvalue weighted by Crippen LogP contribution is -2.39. The fourth-order valence-corrected chi connectivity index (χ4v) is 4.31. The van der Waals surface area contributed by atoms with Crippen LogP contribution in [-0.2, 0) is 21.2 Å². The Morgan fingerprint density at radius 1 is 1.10 bits per heavy atom. The number of ether oxygens (including phenoxy) is 2. The topological polar surface area (TPSA) is 84.9 Å². The molecule has 0 aliphatic heterocycles. The zero-order valence-electron chi connectivity index (χ0n) is 16.9. The molecule has 0 bridgehead atoms. The van der Waals surface area contributed by atoms with E-state index in [2.05, 4.69) is 21.2 Å². The third-order valence-electron chi connectivity index (χ3n) is 4.36. The number of carbonyl (C=O) groups excluding carboxylic acids is 1. The Kier molecular flexibility index (Phi) is 8.06. The number of hydrogen-bond donors (Lipinski definition) is 1. The highest BCUT2D eigenvalue weighted by molar-refractivity contribution is 9.10. The molecule has 7 nitrogen and oxygen atoms in total. The van der Waals surface area contributed by atoms with Gasteiger partial charge in [0, 0.05) is 18.1 Å². The van der Waals surface area contributed by atoms with Crippen molar-refractivity contribution < 1.29 is 22.7 Å². The van der Waals surface area contributed by atoms with E-state index >= 15 is 0 Å². The predicted octanol–water partition coefficient (Wildman–Crippen LogP) is 2.75.